The standard InChI is InChI=1S/C15H16BrN3O3/c1-22-11-3-2-10(16)13-12(11)9(8-18-13)14(20)15(21)19-6-4-17-5-7-19/h2-3,8,17-18H,4-7H2,1H3/p+1. The summed E-state index contributed by atoms with van der Waals surface area (Å²) in [7, 11) is 1.55. The summed E-state index contributed by atoms with van der Waals surface area (Å²) in [6.07, 6.45) is 1.58. The van der Waals surface area contributed by atoms with Gasteiger partial charge in [0.05, 0.1) is 49.8 Å². The van der Waals surface area contributed by atoms with Crippen LogP contribution in [0.3, 0.4) is 0 Å². The van der Waals surface area contributed by atoms with E-state index in [1.165, 1.54) is 0 Å². The summed E-state index contributed by atoms with van der Waals surface area (Å²) in [6.45, 7) is 2.88. The molecule has 6 nitrogen and oxygen atoms in total. The summed E-state index contributed by atoms with van der Waals surface area (Å²) in [5.74, 6) is -0.372. The predicted octanol–water partition coefficient (Wildman–Crippen LogP) is 0.527. The van der Waals surface area contributed by atoms with Crippen molar-refractivity contribution in [2.24, 2.45) is 0 Å². The molecule has 0 radical (unpaired) electrons. The molecule has 1 aliphatic heterocycles. The van der Waals surface area contributed by atoms with Crippen molar-refractivity contribution in [1.29, 1.82) is 0 Å². The SMILES string of the molecule is COc1ccc(Br)c2[nH]cc(C(=O)C(=O)N3CC[NH2+]CC3)c12. The zero-order chi connectivity index (χ0) is 15.7. The van der Waals surface area contributed by atoms with Gasteiger partial charge in [0.15, 0.2) is 0 Å². The van der Waals surface area contributed by atoms with E-state index in [1.54, 1.807) is 24.3 Å². The third-order valence-corrected chi connectivity index (χ3v) is 4.56. The van der Waals surface area contributed by atoms with E-state index < -0.39 is 11.7 Å². The number of benzene rings is 1. The van der Waals surface area contributed by atoms with Gasteiger partial charge in [0.25, 0.3) is 11.7 Å². The number of Topliss-reactive ketones (excluding diaryl/α,β-unsaturated/α-hetero) is 1. The number of fused-ring (bicyclic) bond motifs is 1. The molecule has 1 amide bonds. The minimum absolute atomic E-state index is 0.354. The van der Waals surface area contributed by atoms with Crippen LogP contribution in [0.15, 0.2) is 22.8 Å². The Labute approximate surface area is 135 Å². The van der Waals surface area contributed by atoms with Crippen LogP contribution in [0.2, 0.25) is 0 Å². The number of nitrogens with one attached hydrogen (secondary N) is 1. The topological polar surface area (TPSA) is 79.0 Å². The van der Waals surface area contributed by atoms with Crippen LogP contribution in [0.5, 0.6) is 5.75 Å². The average molecular weight is 367 g/mol. The van der Waals surface area contributed by atoms with Gasteiger partial charge in [0.1, 0.15) is 5.75 Å². The Balaban J connectivity index is 2.00. The second-order valence-corrected chi connectivity index (χ2v) is 6.04. The molecular formula is C15H17BrN3O3+. The lowest BCUT2D eigenvalue weighted by molar-refractivity contribution is -0.662. The van der Waals surface area contributed by atoms with Gasteiger partial charge in [-0.3, -0.25) is 9.59 Å². The largest absolute Gasteiger partial charge is 0.496 e. The number of amides is 1. The number of aromatic nitrogens is 1. The highest BCUT2D eigenvalue weighted by atomic mass is 79.9. The number of quaternary nitrogens is 1. The zero-order valence-electron chi connectivity index (χ0n) is 12.2. The maximum absolute atomic E-state index is 12.6. The van der Waals surface area contributed by atoms with E-state index in [9.17, 15) is 9.59 Å². The van der Waals surface area contributed by atoms with Crippen LogP contribution in [-0.4, -0.2) is 54.9 Å². The number of hydrogen-bond acceptors (Lipinski definition) is 3. The number of rotatable bonds is 3. The van der Waals surface area contributed by atoms with Crippen molar-refractivity contribution in [3.8, 4) is 5.75 Å². The Bertz CT molecular complexity index is 735. The summed E-state index contributed by atoms with van der Waals surface area (Å²) < 4.78 is 6.16. The van der Waals surface area contributed by atoms with Crippen molar-refractivity contribution in [2.45, 2.75) is 0 Å². The van der Waals surface area contributed by atoms with Crippen molar-refractivity contribution in [3.63, 3.8) is 0 Å². The Morgan fingerprint density at radius 3 is 2.73 bits per heavy atom. The summed E-state index contributed by atoms with van der Waals surface area (Å²) in [6, 6.07) is 3.62. The van der Waals surface area contributed by atoms with Gasteiger partial charge in [-0.2, -0.15) is 0 Å². The van der Waals surface area contributed by atoms with Gasteiger partial charge in [0, 0.05) is 10.7 Å². The number of carbonyl (C=O) groups is 2. The quantitative estimate of drug-likeness (QED) is 0.614. The first-order chi connectivity index (χ1) is 10.6. The Kier molecular flexibility index (Phi) is 4.17. The Morgan fingerprint density at radius 2 is 2.05 bits per heavy atom. The first-order valence-corrected chi connectivity index (χ1v) is 7.91. The van der Waals surface area contributed by atoms with E-state index in [0.717, 1.165) is 23.1 Å². The lowest BCUT2D eigenvalue weighted by atomic mass is 10.1. The molecular weight excluding hydrogens is 350 g/mol. The summed E-state index contributed by atoms with van der Waals surface area (Å²) >= 11 is 3.44. The lowest BCUT2D eigenvalue weighted by Crippen LogP contribution is -2.90. The first-order valence-electron chi connectivity index (χ1n) is 7.12. The molecule has 0 aliphatic carbocycles. The molecule has 1 aliphatic rings. The highest BCUT2D eigenvalue weighted by molar-refractivity contribution is 9.10. The fraction of sp³-hybridized carbons (Fsp3) is 0.333. The second-order valence-electron chi connectivity index (χ2n) is 5.19. The van der Waals surface area contributed by atoms with Crippen LogP contribution in [-0.2, 0) is 4.79 Å². The van der Waals surface area contributed by atoms with E-state index in [0.29, 0.717) is 29.8 Å². The number of ketones is 1. The number of H-pyrrole nitrogens is 1. The number of ether oxygens (including phenoxy) is 1. The smallest absolute Gasteiger partial charge is 0.295 e. The number of nitrogens with zero attached hydrogens (tertiary/aromatic N) is 1. The van der Waals surface area contributed by atoms with Crippen LogP contribution in [0.25, 0.3) is 10.9 Å². The molecule has 1 saturated heterocycles. The monoisotopic (exact) mass is 366 g/mol. The van der Waals surface area contributed by atoms with Crippen molar-refractivity contribution in [1.82, 2.24) is 9.88 Å². The van der Waals surface area contributed by atoms with E-state index in [2.05, 4.69) is 26.2 Å². The van der Waals surface area contributed by atoms with Crippen LogP contribution in [0, 0.1) is 0 Å². The zero-order valence-corrected chi connectivity index (χ0v) is 13.8. The van der Waals surface area contributed by atoms with Gasteiger partial charge in [-0.05, 0) is 28.1 Å². The number of hydrogen-bond donors (Lipinski definition) is 2. The lowest BCUT2D eigenvalue weighted by Gasteiger charge is -2.24. The molecule has 22 heavy (non-hydrogen) atoms. The summed E-state index contributed by atoms with van der Waals surface area (Å²) in [4.78, 5) is 29.7. The first kappa shape index (κ1) is 15.1. The van der Waals surface area contributed by atoms with Crippen LogP contribution < -0.4 is 10.1 Å². The normalized spacial score (nSPS) is 15.1. The van der Waals surface area contributed by atoms with Gasteiger partial charge in [-0.15, -0.1) is 0 Å². The van der Waals surface area contributed by atoms with E-state index >= 15 is 0 Å². The van der Waals surface area contributed by atoms with Crippen molar-refractivity contribution < 1.29 is 19.6 Å². The summed E-state index contributed by atoms with van der Waals surface area (Å²) in [5, 5.41) is 2.78. The second kappa shape index (κ2) is 6.10. The third kappa shape index (κ3) is 2.50. The maximum Gasteiger partial charge on any atom is 0.295 e. The van der Waals surface area contributed by atoms with Crippen molar-refractivity contribution in [3.05, 3.63) is 28.4 Å². The molecule has 0 bridgehead atoms. The van der Waals surface area contributed by atoms with Crippen molar-refractivity contribution in [2.75, 3.05) is 33.3 Å². The minimum atomic E-state index is -0.496. The van der Waals surface area contributed by atoms with E-state index in [-0.39, 0.29) is 0 Å². The van der Waals surface area contributed by atoms with Crippen LogP contribution in [0.1, 0.15) is 10.4 Å². The Hall–Kier alpha value is -1.86. The van der Waals surface area contributed by atoms with E-state index in [1.807, 2.05) is 6.07 Å². The van der Waals surface area contributed by atoms with Crippen molar-refractivity contribution >= 4 is 38.5 Å². The highest BCUT2D eigenvalue weighted by Crippen LogP contribution is 2.34. The molecule has 0 unspecified atom stereocenters. The fourth-order valence-electron chi connectivity index (χ4n) is 2.74. The Morgan fingerprint density at radius 1 is 1.32 bits per heavy atom. The van der Waals surface area contributed by atoms with Gasteiger partial charge in [0.2, 0.25) is 0 Å². The van der Waals surface area contributed by atoms with Crippen LogP contribution in [0.4, 0.5) is 0 Å². The van der Waals surface area contributed by atoms with Gasteiger partial charge in [-0.1, -0.05) is 0 Å². The molecule has 1 fully saturated rings. The minimum Gasteiger partial charge on any atom is -0.496 e. The molecule has 1 aromatic carbocycles. The molecule has 0 atom stereocenters. The molecule has 2 heterocycles. The number of nitrogens with two attached hydrogens (primary N) is 1. The number of piperazine rings is 1. The molecule has 3 rings (SSSR count). The molecule has 2 aromatic rings. The molecule has 116 valence electrons. The number of aromatic amines is 1. The maximum atomic E-state index is 12.6. The molecule has 7 heteroatoms. The fourth-order valence-corrected chi connectivity index (χ4v) is 3.19. The third-order valence-electron chi connectivity index (χ3n) is 3.90. The number of methoxy groups -OCH3 is 1. The highest BCUT2D eigenvalue weighted by Gasteiger charge is 2.28. The molecule has 0 saturated carbocycles. The number of halogens is 1. The summed E-state index contributed by atoms with van der Waals surface area (Å²) in [5.41, 5.74) is 1.11. The van der Waals surface area contributed by atoms with Crippen LogP contribution >= 0.6 is 15.9 Å². The molecule has 1 aromatic heterocycles. The molecule has 3 N–H and O–H groups in total. The van der Waals surface area contributed by atoms with Gasteiger partial charge < -0.3 is 19.9 Å². The molecule has 0 spiro atoms. The van der Waals surface area contributed by atoms with Gasteiger partial charge >= 0.3 is 0 Å². The average Bonchev–Trinajstić information content (AvgIpc) is 3.01. The van der Waals surface area contributed by atoms with Gasteiger partial charge in [-0.25, -0.2) is 0 Å². The predicted molar refractivity (Wildman–Crippen MR) is 85.1 cm³/mol. The van der Waals surface area contributed by atoms with E-state index in [4.69, 9.17) is 4.74 Å². The number of carbonyl (C=O) groups excluding carboxylic acids is 2.